The van der Waals surface area contributed by atoms with Crippen LogP contribution in [0.3, 0.4) is 0 Å². The van der Waals surface area contributed by atoms with Crippen molar-refractivity contribution in [3.63, 3.8) is 0 Å². The third kappa shape index (κ3) is 8.51. The molecule has 1 aromatic carbocycles. The minimum absolute atomic E-state index is 0.0423. The molecular weight excluding hydrogens is 618 g/mol. The van der Waals surface area contributed by atoms with Crippen LogP contribution in [0.1, 0.15) is 49.7 Å². The van der Waals surface area contributed by atoms with Gasteiger partial charge in [0.1, 0.15) is 23.5 Å². The second kappa shape index (κ2) is 14.9. The smallest absolute Gasteiger partial charge is 0.274 e. The van der Waals surface area contributed by atoms with Gasteiger partial charge in [-0.05, 0) is 88.7 Å². The summed E-state index contributed by atoms with van der Waals surface area (Å²) in [6.07, 6.45) is 5.17. The lowest BCUT2D eigenvalue weighted by Crippen LogP contribution is -2.49. The van der Waals surface area contributed by atoms with E-state index in [1.165, 1.54) is 0 Å². The molecule has 2 fully saturated rings. The average Bonchev–Trinajstić information content (AvgIpc) is 3.53. The number of likely N-dealkylation sites (N-methyl/N-ethyl adjacent to an activating group) is 1. The Morgan fingerprint density at radius 2 is 1.84 bits per heavy atom. The van der Waals surface area contributed by atoms with Crippen molar-refractivity contribution < 1.29 is 14.3 Å². The highest BCUT2D eigenvalue weighted by molar-refractivity contribution is 6.03. The van der Waals surface area contributed by atoms with E-state index in [9.17, 15) is 9.59 Å². The number of nitrogens with zero attached hydrogens (tertiary/aromatic N) is 6. The van der Waals surface area contributed by atoms with Crippen LogP contribution >= 0.6 is 0 Å². The van der Waals surface area contributed by atoms with Gasteiger partial charge in [0.25, 0.3) is 5.91 Å². The number of carbonyl (C=O) groups is 2. The number of carbonyl (C=O) groups excluding carboxylic acids is 2. The third-order valence-corrected chi connectivity index (χ3v) is 9.37. The molecule has 258 valence electrons. The molecule has 3 aromatic heterocycles. The highest BCUT2D eigenvalue weighted by Crippen LogP contribution is 2.30. The summed E-state index contributed by atoms with van der Waals surface area (Å²) in [6, 6.07) is 13.6. The number of morpholine rings is 1. The van der Waals surface area contributed by atoms with Crippen LogP contribution in [0.2, 0.25) is 0 Å². The van der Waals surface area contributed by atoms with Gasteiger partial charge in [0.05, 0.1) is 18.6 Å². The van der Waals surface area contributed by atoms with Crippen LogP contribution in [0.4, 0.5) is 11.5 Å². The molecule has 3 N–H and O–H groups in total. The number of piperidine rings is 1. The lowest BCUT2D eigenvalue weighted by Gasteiger charge is -2.34. The van der Waals surface area contributed by atoms with Crippen LogP contribution in [0.25, 0.3) is 22.3 Å². The normalized spacial score (nSPS) is 17.3. The summed E-state index contributed by atoms with van der Waals surface area (Å²) in [5.74, 6) is 0.545. The van der Waals surface area contributed by atoms with Gasteiger partial charge in [-0.15, -0.1) is 0 Å². The maximum Gasteiger partial charge on any atom is 0.274 e. The number of amides is 2. The van der Waals surface area contributed by atoms with Gasteiger partial charge in [0.15, 0.2) is 0 Å². The standard InChI is InChI=1S/C37H47N9O3/c1-25(21-44(5)37(2,3)4)35(47)42-29-7-6-14-45(23-29)22-26-12-13-38-32(19-26)36(48)41-28-10-8-27(9-11-28)31-20-30-33(43-31)39-24-40-34(30)46-15-17-49-18-16-46/h8-13,19-20,24,29H,1,6-7,14-18,21-23H2,2-5H3,(H,41,48)(H,42,47)(H,39,40,43)/t29-/m1/s1. The number of likely N-dealkylation sites (tertiary alicyclic amines) is 1. The van der Waals surface area contributed by atoms with Gasteiger partial charge in [-0.2, -0.15) is 0 Å². The first-order chi connectivity index (χ1) is 23.5. The lowest BCUT2D eigenvalue weighted by atomic mass is 10.0. The molecule has 0 saturated carbocycles. The van der Waals surface area contributed by atoms with Gasteiger partial charge in [-0.3, -0.25) is 24.4 Å². The molecule has 0 spiro atoms. The zero-order chi connectivity index (χ0) is 34.5. The van der Waals surface area contributed by atoms with Gasteiger partial charge in [0, 0.05) is 67.5 Å². The van der Waals surface area contributed by atoms with Crippen LogP contribution in [-0.4, -0.2) is 106 Å². The number of hydrogen-bond acceptors (Lipinski definition) is 9. The van der Waals surface area contributed by atoms with E-state index < -0.39 is 0 Å². The number of ether oxygens (including phenoxy) is 1. The zero-order valence-corrected chi connectivity index (χ0v) is 29.0. The van der Waals surface area contributed by atoms with E-state index in [0.717, 1.165) is 72.7 Å². The molecule has 1 atom stereocenters. The number of rotatable bonds is 10. The summed E-state index contributed by atoms with van der Waals surface area (Å²) in [4.78, 5) is 49.5. The van der Waals surface area contributed by atoms with Crippen molar-refractivity contribution in [2.45, 2.75) is 51.7 Å². The van der Waals surface area contributed by atoms with Crippen LogP contribution in [0.5, 0.6) is 0 Å². The quantitative estimate of drug-likeness (QED) is 0.210. The Hall–Kier alpha value is -4.65. The molecule has 6 rings (SSSR count). The number of hydrogen-bond donors (Lipinski definition) is 3. The minimum atomic E-state index is -0.270. The summed E-state index contributed by atoms with van der Waals surface area (Å²) in [5, 5.41) is 7.14. The van der Waals surface area contributed by atoms with Gasteiger partial charge < -0.3 is 25.3 Å². The van der Waals surface area contributed by atoms with E-state index in [0.29, 0.717) is 43.3 Å². The highest BCUT2D eigenvalue weighted by Gasteiger charge is 2.25. The molecule has 2 saturated heterocycles. The number of anilines is 2. The monoisotopic (exact) mass is 665 g/mol. The number of aromatic nitrogens is 4. The topological polar surface area (TPSA) is 132 Å². The molecule has 0 bridgehead atoms. The van der Waals surface area contributed by atoms with Gasteiger partial charge in [-0.1, -0.05) is 18.7 Å². The van der Waals surface area contributed by atoms with Crippen molar-refractivity contribution in [2.75, 3.05) is 63.2 Å². The van der Waals surface area contributed by atoms with Crippen molar-refractivity contribution >= 4 is 34.4 Å². The molecule has 12 nitrogen and oxygen atoms in total. The molecule has 12 heteroatoms. The number of fused-ring (bicyclic) bond motifs is 1. The molecule has 0 aliphatic carbocycles. The average molecular weight is 666 g/mol. The van der Waals surface area contributed by atoms with Crippen LogP contribution in [0, 0.1) is 0 Å². The number of H-pyrrole nitrogens is 1. The van der Waals surface area contributed by atoms with Crippen LogP contribution in [0.15, 0.2) is 67.1 Å². The molecule has 4 aromatic rings. The van der Waals surface area contributed by atoms with E-state index in [1.54, 1.807) is 12.5 Å². The van der Waals surface area contributed by atoms with Crippen molar-refractivity contribution in [3.05, 3.63) is 78.4 Å². The van der Waals surface area contributed by atoms with E-state index in [4.69, 9.17) is 4.74 Å². The first kappa shape index (κ1) is 34.2. The van der Waals surface area contributed by atoms with E-state index in [1.807, 2.05) is 43.4 Å². The van der Waals surface area contributed by atoms with Gasteiger partial charge in [-0.25, -0.2) is 9.97 Å². The van der Waals surface area contributed by atoms with Gasteiger partial charge >= 0.3 is 0 Å². The molecule has 2 aliphatic rings. The molecular formula is C37H47N9O3. The Bertz CT molecular complexity index is 1790. The Morgan fingerprint density at radius 1 is 1.06 bits per heavy atom. The number of aromatic amines is 1. The first-order valence-corrected chi connectivity index (χ1v) is 17.0. The SMILES string of the molecule is C=C(CN(C)C(C)(C)C)C(=O)N[C@@H]1CCCN(Cc2ccnc(C(=O)Nc3ccc(-c4cc5c(N6CCOCC6)ncnc5[nH]4)cc3)c2)C1. The molecule has 2 amide bonds. The molecule has 0 radical (unpaired) electrons. The molecule has 0 unspecified atom stereocenters. The van der Waals surface area contributed by atoms with E-state index in [2.05, 4.69) is 78.7 Å². The number of benzene rings is 1. The molecule has 2 aliphatic heterocycles. The largest absolute Gasteiger partial charge is 0.378 e. The molecule has 49 heavy (non-hydrogen) atoms. The van der Waals surface area contributed by atoms with Gasteiger partial charge in [0.2, 0.25) is 5.91 Å². The Morgan fingerprint density at radius 3 is 2.59 bits per heavy atom. The second-order valence-electron chi connectivity index (χ2n) is 14.0. The summed E-state index contributed by atoms with van der Waals surface area (Å²) in [7, 11) is 2.00. The van der Waals surface area contributed by atoms with Crippen LogP contribution in [-0.2, 0) is 16.1 Å². The van der Waals surface area contributed by atoms with Crippen molar-refractivity contribution in [1.82, 2.24) is 35.1 Å². The number of nitrogens with one attached hydrogen (secondary N) is 3. The highest BCUT2D eigenvalue weighted by atomic mass is 16.5. The Kier molecular flexibility index (Phi) is 10.4. The maximum absolute atomic E-state index is 13.2. The van der Waals surface area contributed by atoms with Crippen molar-refractivity contribution in [1.29, 1.82) is 0 Å². The fourth-order valence-corrected chi connectivity index (χ4v) is 6.19. The zero-order valence-electron chi connectivity index (χ0n) is 29.0. The number of pyridine rings is 1. The summed E-state index contributed by atoms with van der Waals surface area (Å²) in [5.41, 5.74) is 5.24. The predicted octanol–water partition coefficient (Wildman–Crippen LogP) is 4.48. The Balaban J connectivity index is 1.04. The second-order valence-corrected chi connectivity index (χ2v) is 14.0. The minimum Gasteiger partial charge on any atom is -0.378 e. The molecule has 5 heterocycles. The fourth-order valence-electron chi connectivity index (χ4n) is 6.19. The fraction of sp³-hybridized carbons (Fsp3) is 0.432. The first-order valence-electron chi connectivity index (χ1n) is 17.0. The Labute approximate surface area is 288 Å². The third-order valence-electron chi connectivity index (χ3n) is 9.37. The summed E-state index contributed by atoms with van der Waals surface area (Å²) in [6.45, 7) is 16.2. The summed E-state index contributed by atoms with van der Waals surface area (Å²) >= 11 is 0. The van der Waals surface area contributed by atoms with E-state index >= 15 is 0 Å². The van der Waals surface area contributed by atoms with Crippen LogP contribution < -0.4 is 15.5 Å². The van der Waals surface area contributed by atoms with Crippen molar-refractivity contribution in [2.24, 2.45) is 0 Å². The maximum atomic E-state index is 13.2. The van der Waals surface area contributed by atoms with E-state index in [-0.39, 0.29) is 23.4 Å². The predicted molar refractivity (Wildman–Crippen MR) is 193 cm³/mol. The lowest BCUT2D eigenvalue weighted by molar-refractivity contribution is -0.118. The van der Waals surface area contributed by atoms with Crippen molar-refractivity contribution in [3.8, 4) is 11.3 Å². The summed E-state index contributed by atoms with van der Waals surface area (Å²) < 4.78 is 5.50.